The van der Waals surface area contributed by atoms with Crippen molar-refractivity contribution in [1.82, 2.24) is 0 Å². The fraction of sp³-hybridized carbons (Fsp3) is 0.400. The van der Waals surface area contributed by atoms with Gasteiger partial charge < -0.3 is 0 Å². The molecule has 0 aliphatic carbocycles. The van der Waals surface area contributed by atoms with Crippen LogP contribution in [-0.2, 0) is 2.77 Å². The topological polar surface area (TPSA) is 33.1 Å². The Morgan fingerprint density at radius 2 is 2.62 bits per heavy atom. The Hall–Kier alpha value is 0.0861. The maximum absolute atomic E-state index is 6.42. The van der Waals surface area contributed by atoms with E-state index in [0.717, 1.165) is 6.61 Å². The molecule has 0 saturated heterocycles. The van der Waals surface area contributed by atoms with Gasteiger partial charge in [-0.2, -0.15) is 0 Å². The first-order valence-corrected chi connectivity index (χ1v) is 5.32. The second kappa shape index (κ2) is 7.09. The molecule has 0 aliphatic heterocycles. The van der Waals surface area contributed by atoms with Gasteiger partial charge in [0.25, 0.3) is 0 Å². The molecule has 0 atom stereocenters. The minimum absolute atomic E-state index is 0.728. The van der Waals surface area contributed by atoms with E-state index in [1.54, 1.807) is 3.73 Å². The van der Waals surface area contributed by atoms with Crippen molar-refractivity contribution in [2.75, 3.05) is 6.61 Å². The number of hydrogen-bond donors (Lipinski definition) is 1. The zero-order valence-corrected chi connectivity index (χ0v) is 7.78. The number of rotatable bonds is 3. The van der Waals surface area contributed by atoms with Crippen LogP contribution < -0.4 is 0 Å². The Labute approximate surface area is 61.2 Å². The molecule has 0 saturated carbocycles. The second-order valence-electron chi connectivity index (χ2n) is 0.890. The van der Waals surface area contributed by atoms with E-state index in [1.165, 1.54) is 0 Å². The van der Waals surface area contributed by atoms with Crippen molar-refractivity contribution in [1.29, 1.82) is 5.41 Å². The van der Waals surface area contributed by atoms with Crippen LogP contribution in [0.4, 0.5) is 0 Å². The molecule has 3 heteroatoms. The van der Waals surface area contributed by atoms with E-state index in [-0.39, 0.29) is 0 Å². The first-order valence-electron chi connectivity index (χ1n) is 2.19. The summed E-state index contributed by atoms with van der Waals surface area (Å²) in [7, 11) is 0. The van der Waals surface area contributed by atoms with Crippen molar-refractivity contribution in [3.8, 4) is 0 Å². The maximum atomic E-state index is 6.42. The van der Waals surface area contributed by atoms with Crippen LogP contribution in [-0.4, -0.2) is 36.5 Å². The van der Waals surface area contributed by atoms with Gasteiger partial charge in [-0.05, 0) is 0 Å². The molecule has 0 radical (unpaired) electrons. The van der Waals surface area contributed by atoms with Gasteiger partial charge in [0.2, 0.25) is 0 Å². The monoisotopic (exact) mass is 306 g/mol. The molecule has 0 fully saturated rings. The van der Waals surface area contributed by atoms with Crippen LogP contribution >= 0.6 is 0 Å². The van der Waals surface area contributed by atoms with E-state index in [0.29, 0.717) is 0 Å². The standard InChI is InChI=1S/C3H2N.C2H5O.Po/c1-2-3-4;1-2-3;/h1,4H;2H2,1H3;/q;-1;+1. The Bertz CT molecular complexity index is 122. The van der Waals surface area contributed by atoms with Crippen molar-refractivity contribution in [3.05, 3.63) is 9.47 Å². The van der Waals surface area contributed by atoms with Gasteiger partial charge in [-0.25, -0.2) is 0 Å². The third kappa shape index (κ3) is 6.09. The summed E-state index contributed by atoms with van der Waals surface area (Å²) in [4.78, 5) is 0. The molecule has 2 nitrogen and oxygen atoms in total. The summed E-state index contributed by atoms with van der Waals surface area (Å²) in [6.45, 7) is 2.74. The molecule has 44 valence electrons. The fourth-order valence-electron chi connectivity index (χ4n) is 0.156. The Kier molecular flexibility index (Phi) is 7.16. The molecule has 8 heavy (non-hydrogen) atoms. The second-order valence-corrected chi connectivity index (χ2v) is 3.47. The molecule has 0 rings (SSSR count). The quantitative estimate of drug-likeness (QED) is 0.461. The molecular weight excluding hydrogens is 299 g/mol. The molecule has 0 aliphatic rings. The first-order chi connectivity index (χ1) is 3.91. The molecule has 1 N–H and O–H groups in total. The van der Waals surface area contributed by atoms with Crippen LogP contribution in [0.5, 0.6) is 0 Å². The van der Waals surface area contributed by atoms with Crippen LogP contribution in [0, 0.1) is 5.41 Å². The minimum atomic E-state index is -0.728. The van der Waals surface area contributed by atoms with Crippen LogP contribution in [0.2, 0.25) is 0 Å². The van der Waals surface area contributed by atoms with Gasteiger partial charge in [0.05, 0.1) is 0 Å². The van der Waals surface area contributed by atoms with Crippen molar-refractivity contribution in [2.45, 2.75) is 6.92 Å². The molecule has 0 bridgehead atoms. The summed E-state index contributed by atoms with van der Waals surface area (Å²) in [5.41, 5.74) is 2.52. The summed E-state index contributed by atoms with van der Waals surface area (Å²) in [5, 5.41) is 6.42. The van der Waals surface area contributed by atoms with E-state index >= 15 is 0 Å². The van der Waals surface area contributed by atoms with Gasteiger partial charge in [-0.1, -0.05) is 0 Å². The normalized spacial score (nSPS) is 7.12. The average molecular weight is 306 g/mol. The predicted molar refractivity (Wildman–Crippen MR) is 33.2 cm³/mol. The van der Waals surface area contributed by atoms with E-state index < -0.39 is 24.0 Å². The van der Waals surface area contributed by atoms with Crippen molar-refractivity contribution < 1.29 is 2.77 Å². The fourth-order valence-corrected chi connectivity index (χ4v) is 1.37. The molecule has 0 amide bonds. The van der Waals surface area contributed by atoms with E-state index in [1.807, 2.05) is 12.8 Å². The van der Waals surface area contributed by atoms with Gasteiger partial charge in [-0.3, -0.25) is 0 Å². The number of nitrogens with one attached hydrogen (secondary N) is 1. The summed E-state index contributed by atoms with van der Waals surface area (Å²) >= 11 is -0.728. The van der Waals surface area contributed by atoms with Crippen LogP contribution in [0.15, 0.2) is 9.47 Å². The Balaban J connectivity index is 3.16. The predicted octanol–water partition coefficient (Wildman–Crippen LogP) is 0.559. The Morgan fingerprint density at radius 1 is 1.88 bits per heavy atom. The van der Waals surface area contributed by atoms with Crippen LogP contribution in [0.3, 0.4) is 0 Å². The van der Waals surface area contributed by atoms with Crippen molar-refractivity contribution in [3.63, 3.8) is 0 Å². The average Bonchev–Trinajstić information content (AvgIpc) is 1.81. The van der Waals surface area contributed by atoms with Gasteiger partial charge >= 0.3 is 61.1 Å². The van der Waals surface area contributed by atoms with Gasteiger partial charge in [0.15, 0.2) is 0 Å². The summed E-state index contributed by atoms with van der Waals surface area (Å²) in [6, 6.07) is 0. The summed E-state index contributed by atoms with van der Waals surface area (Å²) < 4.78 is 6.85. The molecule has 0 aromatic carbocycles. The Morgan fingerprint density at radius 3 is 3.12 bits per heavy atom. The zero-order valence-electron chi connectivity index (χ0n) is 4.60. The molecule has 0 spiro atoms. The molecular formula is C5H7NOPo. The third-order valence-electron chi connectivity index (χ3n) is 0.365. The van der Waals surface area contributed by atoms with Crippen molar-refractivity contribution in [2.24, 2.45) is 0 Å². The SMILES string of the molecule is CC[O][Po][CH]=C=C=N. The van der Waals surface area contributed by atoms with E-state index in [9.17, 15) is 0 Å². The van der Waals surface area contributed by atoms with Gasteiger partial charge in [0, 0.05) is 0 Å². The number of hydrogen-bond acceptors (Lipinski definition) is 2. The van der Waals surface area contributed by atoms with Gasteiger partial charge in [0.1, 0.15) is 0 Å². The van der Waals surface area contributed by atoms with E-state index in [4.69, 9.17) is 8.18 Å². The zero-order chi connectivity index (χ0) is 6.24. The van der Waals surface area contributed by atoms with Crippen LogP contribution in [0.25, 0.3) is 0 Å². The summed E-state index contributed by atoms with van der Waals surface area (Å²) in [6.07, 6.45) is 0. The summed E-state index contributed by atoms with van der Waals surface area (Å²) in [5.74, 6) is 2.03. The molecule has 0 unspecified atom stereocenters. The first kappa shape index (κ1) is 8.09. The van der Waals surface area contributed by atoms with Crippen LogP contribution in [0.1, 0.15) is 6.92 Å². The van der Waals surface area contributed by atoms with Crippen molar-refractivity contribution >= 4 is 29.9 Å². The molecule has 0 aromatic heterocycles. The molecule has 0 aromatic rings. The molecule has 0 heterocycles. The van der Waals surface area contributed by atoms with Gasteiger partial charge in [-0.15, -0.1) is 0 Å². The third-order valence-corrected chi connectivity index (χ3v) is 2.64. The van der Waals surface area contributed by atoms with E-state index in [2.05, 4.69) is 5.73 Å².